The quantitative estimate of drug-likeness (QED) is 0.177. The molecule has 260 valence electrons. The van der Waals surface area contributed by atoms with Gasteiger partial charge >= 0.3 is 0 Å². The molecule has 11 rings (SSSR count). The molecule has 1 aliphatic rings. The molecule has 2 nitrogen and oxygen atoms in total. The van der Waals surface area contributed by atoms with Crippen molar-refractivity contribution in [3.8, 4) is 33.4 Å². The summed E-state index contributed by atoms with van der Waals surface area (Å²) in [6.07, 6.45) is 0. The van der Waals surface area contributed by atoms with Crippen LogP contribution in [0.1, 0.15) is 25.0 Å². The van der Waals surface area contributed by atoms with Crippen LogP contribution in [-0.4, -0.2) is 0 Å². The molecule has 55 heavy (non-hydrogen) atoms. The van der Waals surface area contributed by atoms with Crippen molar-refractivity contribution in [2.75, 3.05) is 4.90 Å². The van der Waals surface area contributed by atoms with E-state index in [-0.39, 0.29) is 5.41 Å². The zero-order valence-electron chi connectivity index (χ0n) is 30.8. The van der Waals surface area contributed by atoms with Crippen molar-refractivity contribution in [1.82, 2.24) is 0 Å². The molecule has 1 heterocycles. The molecule has 0 unspecified atom stereocenters. The molecular weight excluding hydrogens is 667 g/mol. The van der Waals surface area contributed by atoms with Crippen LogP contribution < -0.4 is 4.90 Å². The average molecular weight is 704 g/mol. The van der Waals surface area contributed by atoms with E-state index in [9.17, 15) is 0 Å². The van der Waals surface area contributed by atoms with E-state index in [1.807, 2.05) is 12.1 Å². The van der Waals surface area contributed by atoms with Crippen LogP contribution in [0.2, 0.25) is 0 Å². The van der Waals surface area contributed by atoms with Gasteiger partial charge in [0.25, 0.3) is 0 Å². The van der Waals surface area contributed by atoms with Crippen LogP contribution in [0.15, 0.2) is 192 Å². The van der Waals surface area contributed by atoms with Crippen molar-refractivity contribution in [2.45, 2.75) is 19.3 Å². The number of benzene rings is 9. The summed E-state index contributed by atoms with van der Waals surface area (Å²) in [5.41, 5.74) is 15.2. The first-order valence-electron chi connectivity index (χ1n) is 19.1. The first kappa shape index (κ1) is 31.6. The van der Waals surface area contributed by atoms with Crippen LogP contribution in [0.5, 0.6) is 0 Å². The lowest BCUT2D eigenvalue weighted by Crippen LogP contribution is -2.15. The summed E-state index contributed by atoms with van der Waals surface area (Å²) < 4.78 is 6.45. The lowest BCUT2D eigenvalue weighted by Gasteiger charge is -2.28. The highest BCUT2D eigenvalue weighted by atomic mass is 16.3. The number of para-hydroxylation sites is 1. The standard InChI is InChI=1S/C53H37NO/c1-53(2)47-22-12-10-21-45(47)51-46(32-36-16-6-7-17-39(36)52(51)53)41-30-31-48(42-19-9-8-18-40(41)42)54(37-26-24-35(25-27-37)34-14-4-3-5-15-34)38-28-29-44-43-20-11-13-23-49(43)55-50(44)33-38/h3-33H,1-2H3. The van der Waals surface area contributed by atoms with E-state index >= 15 is 0 Å². The molecule has 9 aromatic carbocycles. The molecule has 0 radical (unpaired) electrons. The normalized spacial score (nSPS) is 13.1. The van der Waals surface area contributed by atoms with Crippen LogP contribution in [0.25, 0.3) is 76.9 Å². The Balaban J connectivity index is 1.15. The molecule has 0 fully saturated rings. The Bertz CT molecular complexity index is 3110. The molecule has 0 saturated heterocycles. The first-order chi connectivity index (χ1) is 27.0. The summed E-state index contributed by atoms with van der Waals surface area (Å²) in [4.78, 5) is 2.39. The number of furan rings is 1. The van der Waals surface area contributed by atoms with E-state index in [2.05, 4.69) is 195 Å². The number of hydrogen-bond donors (Lipinski definition) is 0. The van der Waals surface area contributed by atoms with E-state index in [4.69, 9.17) is 4.42 Å². The molecule has 2 heteroatoms. The van der Waals surface area contributed by atoms with E-state index in [0.717, 1.165) is 39.0 Å². The van der Waals surface area contributed by atoms with E-state index < -0.39 is 0 Å². The predicted molar refractivity (Wildman–Crippen MR) is 232 cm³/mol. The van der Waals surface area contributed by atoms with Crippen molar-refractivity contribution in [1.29, 1.82) is 0 Å². The minimum absolute atomic E-state index is 0.130. The Labute approximate surface area is 320 Å². The molecule has 1 aliphatic carbocycles. The lowest BCUT2D eigenvalue weighted by atomic mass is 9.79. The van der Waals surface area contributed by atoms with Gasteiger partial charge in [-0.2, -0.15) is 0 Å². The van der Waals surface area contributed by atoms with Gasteiger partial charge in [-0.05, 0) is 103 Å². The van der Waals surface area contributed by atoms with Crippen LogP contribution in [-0.2, 0) is 5.41 Å². The molecule has 0 bridgehead atoms. The summed E-state index contributed by atoms with van der Waals surface area (Å²) >= 11 is 0. The van der Waals surface area contributed by atoms with Crippen molar-refractivity contribution >= 4 is 60.5 Å². The highest BCUT2D eigenvalue weighted by Gasteiger charge is 2.38. The second-order valence-electron chi connectivity index (χ2n) is 15.3. The zero-order chi connectivity index (χ0) is 36.7. The van der Waals surface area contributed by atoms with Gasteiger partial charge in [0.05, 0.1) is 5.69 Å². The van der Waals surface area contributed by atoms with E-state index in [0.29, 0.717) is 0 Å². The van der Waals surface area contributed by atoms with Crippen molar-refractivity contribution in [2.24, 2.45) is 0 Å². The second kappa shape index (κ2) is 12.1. The van der Waals surface area contributed by atoms with E-state index in [1.54, 1.807) is 0 Å². The number of hydrogen-bond acceptors (Lipinski definition) is 2. The highest BCUT2D eigenvalue weighted by molar-refractivity contribution is 6.13. The van der Waals surface area contributed by atoms with Gasteiger partial charge in [-0.1, -0.05) is 153 Å². The molecule has 1 aromatic heterocycles. The fourth-order valence-electron chi connectivity index (χ4n) is 9.30. The molecule has 0 atom stereocenters. The molecular formula is C53H37NO. The highest BCUT2D eigenvalue weighted by Crippen LogP contribution is 2.56. The van der Waals surface area contributed by atoms with Crippen LogP contribution >= 0.6 is 0 Å². The van der Waals surface area contributed by atoms with Crippen molar-refractivity contribution in [3.05, 3.63) is 199 Å². The Kier molecular flexibility index (Phi) is 6.93. The van der Waals surface area contributed by atoms with Crippen LogP contribution in [0.3, 0.4) is 0 Å². The first-order valence-corrected chi connectivity index (χ1v) is 19.1. The van der Waals surface area contributed by atoms with Gasteiger partial charge in [-0.3, -0.25) is 0 Å². The topological polar surface area (TPSA) is 16.4 Å². The van der Waals surface area contributed by atoms with E-state index in [1.165, 1.54) is 66.1 Å². The van der Waals surface area contributed by atoms with Gasteiger partial charge in [-0.15, -0.1) is 0 Å². The van der Waals surface area contributed by atoms with Crippen LogP contribution in [0, 0.1) is 0 Å². The predicted octanol–water partition coefficient (Wildman–Crippen LogP) is 15.0. The Morgan fingerprint density at radius 3 is 1.89 bits per heavy atom. The second-order valence-corrected chi connectivity index (χ2v) is 15.3. The fraction of sp³-hybridized carbons (Fsp3) is 0.0566. The smallest absolute Gasteiger partial charge is 0.137 e. The van der Waals surface area contributed by atoms with Crippen molar-refractivity contribution in [3.63, 3.8) is 0 Å². The van der Waals surface area contributed by atoms with Crippen molar-refractivity contribution < 1.29 is 4.42 Å². The summed E-state index contributed by atoms with van der Waals surface area (Å²) in [6, 6.07) is 68.3. The summed E-state index contributed by atoms with van der Waals surface area (Å²) in [7, 11) is 0. The van der Waals surface area contributed by atoms with Gasteiger partial charge in [0.1, 0.15) is 11.2 Å². The molecule has 0 spiro atoms. The van der Waals surface area contributed by atoms with Gasteiger partial charge < -0.3 is 9.32 Å². The number of rotatable bonds is 5. The maximum atomic E-state index is 6.45. The maximum Gasteiger partial charge on any atom is 0.137 e. The summed E-state index contributed by atoms with van der Waals surface area (Å²) in [6.45, 7) is 4.77. The van der Waals surface area contributed by atoms with Gasteiger partial charge in [0.2, 0.25) is 0 Å². The monoisotopic (exact) mass is 703 g/mol. The largest absolute Gasteiger partial charge is 0.456 e. The Hall–Kier alpha value is -6.90. The van der Waals surface area contributed by atoms with Crippen LogP contribution in [0.4, 0.5) is 17.1 Å². The lowest BCUT2D eigenvalue weighted by molar-refractivity contribution is 0.666. The molecule has 0 saturated carbocycles. The van der Waals surface area contributed by atoms with Gasteiger partial charge in [0, 0.05) is 39.0 Å². The Morgan fingerprint density at radius 1 is 0.418 bits per heavy atom. The minimum Gasteiger partial charge on any atom is -0.456 e. The van der Waals surface area contributed by atoms with Gasteiger partial charge in [0.15, 0.2) is 0 Å². The number of anilines is 3. The zero-order valence-corrected chi connectivity index (χ0v) is 30.8. The molecule has 0 N–H and O–H groups in total. The fourth-order valence-corrected chi connectivity index (χ4v) is 9.30. The van der Waals surface area contributed by atoms with Gasteiger partial charge in [-0.25, -0.2) is 0 Å². The summed E-state index contributed by atoms with van der Waals surface area (Å²) in [5.74, 6) is 0. The molecule has 10 aromatic rings. The maximum absolute atomic E-state index is 6.45. The minimum atomic E-state index is -0.130. The summed E-state index contributed by atoms with van der Waals surface area (Å²) in [5, 5.41) is 7.25. The number of fused-ring (bicyclic) bond motifs is 9. The Morgan fingerprint density at radius 2 is 1.05 bits per heavy atom. The molecule has 0 aliphatic heterocycles. The third-order valence-corrected chi connectivity index (χ3v) is 11.8. The molecule has 0 amide bonds. The number of nitrogens with zero attached hydrogens (tertiary/aromatic N) is 1. The SMILES string of the molecule is CC1(C)c2ccccc2-c2c(-c3ccc(N(c4ccc(-c5ccccc5)cc4)c4ccc5c(c4)oc4ccccc45)c4ccccc34)cc3ccccc3c21. The third-order valence-electron chi connectivity index (χ3n) is 11.8. The average Bonchev–Trinajstić information content (AvgIpc) is 3.73. The third kappa shape index (κ3) is 4.81.